The van der Waals surface area contributed by atoms with Crippen molar-refractivity contribution >= 4 is 11.0 Å². The molecule has 1 atom stereocenters. The van der Waals surface area contributed by atoms with E-state index in [4.69, 9.17) is 5.73 Å². The van der Waals surface area contributed by atoms with E-state index in [2.05, 4.69) is 23.4 Å². The van der Waals surface area contributed by atoms with Crippen molar-refractivity contribution in [3.05, 3.63) is 29.8 Å². The summed E-state index contributed by atoms with van der Waals surface area (Å²) in [6, 6.07) is 4.98. The van der Waals surface area contributed by atoms with Gasteiger partial charge < -0.3 is 10.3 Å². The maximum atomic E-state index is 13.8. The Kier molecular flexibility index (Phi) is 4.53. The van der Waals surface area contributed by atoms with Gasteiger partial charge in [-0.25, -0.2) is 9.37 Å². The highest BCUT2D eigenvalue weighted by Crippen LogP contribution is 2.24. The third-order valence-electron chi connectivity index (χ3n) is 3.41. The summed E-state index contributed by atoms with van der Waals surface area (Å²) >= 11 is 0. The molecule has 0 fully saturated rings. The molecule has 1 aromatic heterocycles. The van der Waals surface area contributed by atoms with Crippen LogP contribution in [0.5, 0.6) is 0 Å². The van der Waals surface area contributed by atoms with Crippen molar-refractivity contribution in [2.24, 2.45) is 5.73 Å². The molecule has 0 aliphatic heterocycles. The summed E-state index contributed by atoms with van der Waals surface area (Å²) in [5, 5.41) is 0. The van der Waals surface area contributed by atoms with Crippen LogP contribution in [-0.2, 0) is 6.54 Å². The number of aryl methyl sites for hydroxylation is 1. The van der Waals surface area contributed by atoms with E-state index in [1.54, 1.807) is 6.07 Å². The molecule has 19 heavy (non-hydrogen) atoms. The van der Waals surface area contributed by atoms with Gasteiger partial charge in [-0.2, -0.15) is 0 Å². The van der Waals surface area contributed by atoms with E-state index in [1.165, 1.54) is 6.07 Å². The predicted molar refractivity (Wildman–Crippen MR) is 76.4 cm³/mol. The predicted octanol–water partition coefficient (Wildman–Crippen LogP) is 3.78. The molecule has 2 aromatic rings. The van der Waals surface area contributed by atoms with Crippen LogP contribution in [0.4, 0.5) is 4.39 Å². The Morgan fingerprint density at radius 2 is 2.11 bits per heavy atom. The van der Waals surface area contributed by atoms with E-state index >= 15 is 0 Å². The van der Waals surface area contributed by atoms with Crippen molar-refractivity contribution in [2.75, 3.05) is 0 Å². The molecule has 104 valence electrons. The summed E-state index contributed by atoms with van der Waals surface area (Å²) in [5.74, 6) is 0.548. The van der Waals surface area contributed by atoms with Gasteiger partial charge in [0.1, 0.15) is 11.3 Å². The van der Waals surface area contributed by atoms with Crippen molar-refractivity contribution < 1.29 is 4.39 Å². The summed E-state index contributed by atoms with van der Waals surface area (Å²) in [5.41, 5.74) is 7.51. The van der Waals surface area contributed by atoms with Crippen LogP contribution in [-0.4, -0.2) is 9.55 Å². The molecular formula is C15H22FN3. The number of aromatic nitrogens is 2. The molecule has 0 aliphatic carbocycles. The molecule has 0 radical (unpaired) electrons. The fourth-order valence-corrected chi connectivity index (χ4v) is 2.43. The smallest absolute Gasteiger partial charge is 0.151 e. The number of imidazole rings is 1. The Balaban J connectivity index is 2.46. The second kappa shape index (κ2) is 6.15. The van der Waals surface area contributed by atoms with E-state index in [-0.39, 0.29) is 11.9 Å². The molecule has 0 bridgehead atoms. The summed E-state index contributed by atoms with van der Waals surface area (Å²) < 4.78 is 15.9. The van der Waals surface area contributed by atoms with Gasteiger partial charge in [0, 0.05) is 6.54 Å². The van der Waals surface area contributed by atoms with E-state index in [1.807, 2.05) is 6.07 Å². The molecule has 0 amide bonds. The summed E-state index contributed by atoms with van der Waals surface area (Å²) in [6.07, 6.45) is 4.05. The van der Waals surface area contributed by atoms with Gasteiger partial charge in [0.25, 0.3) is 0 Å². The Morgan fingerprint density at radius 3 is 2.79 bits per heavy atom. The van der Waals surface area contributed by atoms with E-state index in [9.17, 15) is 4.39 Å². The number of nitrogens with zero attached hydrogens (tertiary/aromatic N) is 2. The Hall–Kier alpha value is -1.42. The first-order chi connectivity index (χ1) is 9.19. The van der Waals surface area contributed by atoms with Crippen molar-refractivity contribution in [3.8, 4) is 0 Å². The van der Waals surface area contributed by atoms with Gasteiger partial charge >= 0.3 is 0 Å². The molecule has 2 rings (SSSR count). The quantitative estimate of drug-likeness (QED) is 0.862. The zero-order valence-corrected chi connectivity index (χ0v) is 11.7. The molecule has 1 aromatic carbocycles. The number of rotatable bonds is 6. The summed E-state index contributed by atoms with van der Waals surface area (Å²) in [6.45, 7) is 5.07. The van der Waals surface area contributed by atoms with Crippen LogP contribution in [0.2, 0.25) is 0 Å². The Morgan fingerprint density at radius 1 is 1.32 bits per heavy atom. The van der Waals surface area contributed by atoms with Gasteiger partial charge in [0.2, 0.25) is 0 Å². The minimum Gasteiger partial charge on any atom is -0.327 e. The average molecular weight is 263 g/mol. The third kappa shape index (κ3) is 2.78. The first kappa shape index (κ1) is 14.0. The molecule has 0 spiro atoms. The molecule has 0 saturated carbocycles. The molecule has 1 heterocycles. The largest absolute Gasteiger partial charge is 0.327 e. The van der Waals surface area contributed by atoms with Crippen molar-refractivity contribution in [1.29, 1.82) is 0 Å². The van der Waals surface area contributed by atoms with E-state index < -0.39 is 0 Å². The number of halogens is 1. The summed E-state index contributed by atoms with van der Waals surface area (Å²) in [4.78, 5) is 4.45. The highest BCUT2D eigenvalue weighted by molar-refractivity contribution is 5.76. The maximum Gasteiger partial charge on any atom is 0.151 e. The second-order valence-corrected chi connectivity index (χ2v) is 4.98. The van der Waals surface area contributed by atoms with Crippen molar-refractivity contribution in [3.63, 3.8) is 0 Å². The van der Waals surface area contributed by atoms with E-state index in [0.29, 0.717) is 5.52 Å². The zero-order valence-electron chi connectivity index (χ0n) is 11.7. The maximum absolute atomic E-state index is 13.8. The normalized spacial score (nSPS) is 13.1. The van der Waals surface area contributed by atoms with Crippen molar-refractivity contribution in [1.82, 2.24) is 9.55 Å². The van der Waals surface area contributed by atoms with Gasteiger partial charge in [0.15, 0.2) is 5.82 Å². The van der Waals surface area contributed by atoms with Gasteiger partial charge in [-0.05, 0) is 25.0 Å². The SMILES string of the molecule is CCCCC(N)c1nc2c(F)cccc2n1CCC. The van der Waals surface area contributed by atoms with Gasteiger partial charge in [-0.3, -0.25) is 0 Å². The number of unbranched alkanes of at least 4 members (excludes halogenated alkanes) is 1. The van der Waals surface area contributed by atoms with Crippen LogP contribution in [0.15, 0.2) is 18.2 Å². The Bertz CT molecular complexity index is 548. The fraction of sp³-hybridized carbons (Fsp3) is 0.533. The minimum atomic E-state index is -0.267. The van der Waals surface area contributed by atoms with Crippen LogP contribution in [0, 0.1) is 5.82 Å². The molecule has 3 nitrogen and oxygen atoms in total. The van der Waals surface area contributed by atoms with Gasteiger partial charge in [-0.1, -0.05) is 32.8 Å². The number of benzene rings is 1. The average Bonchev–Trinajstić information content (AvgIpc) is 2.77. The highest BCUT2D eigenvalue weighted by Gasteiger charge is 2.17. The lowest BCUT2D eigenvalue weighted by molar-refractivity contribution is 0.536. The topological polar surface area (TPSA) is 43.8 Å². The lowest BCUT2D eigenvalue weighted by atomic mass is 10.1. The molecule has 0 aliphatic rings. The third-order valence-corrected chi connectivity index (χ3v) is 3.41. The first-order valence-corrected chi connectivity index (χ1v) is 7.09. The summed E-state index contributed by atoms with van der Waals surface area (Å²) in [7, 11) is 0. The Labute approximate surface area is 113 Å². The van der Waals surface area contributed by atoms with E-state index in [0.717, 1.165) is 43.6 Å². The first-order valence-electron chi connectivity index (χ1n) is 7.09. The van der Waals surface area contributed by atoms with Crippen LogP contribution in [0.1, 0.15) is 51.4 Å². The second-order valence-electron chi connectivity index (χ2n) is 4.98. The lowest BCUT2D eigenvalue weighted by Crippen LogP contribution is -2.16. The molecule has 4 heteroatoms. The zero-order chi connectivity index (χ0) is 13.8. The number of fused-ring (bicyclic) bond motifs is 1. The number of hydrogen-bond donors (Lipinski definition) is 1. The molecule has 0 saturated heterocycles. The number of hydrogen-bond acceptors (Lipinski definition) is 2. The standard InChI is InChI=1S/C15H22FN3/c1-3-5-8-12(17)15-18-14-11(16)7-6-9-13(14)19(15)10-4-2/h6-7,9,12H,3-5,8,10,17H2,1-2H3. The minimum absolute atomic E-state index is 0.113. The number of nitrogens with two attached hydrogens (primary N) is 1. The van der Waals surface area contributed by atoms with Gasteiger partial charge in [-0.15, -0.1) is 0 Å². The number of para-hydroxylation sites is 1. The van der Waals surface area contributed by atoms with Crippen LogP contribution in [0.25, 0.3) is 11.0 Å². The van der Waals surface area contributed by atoms with Crippen molar-refractivity contribution in [2.45, 2.75) is 52.1 Å². The molecular weight excluding hydrogens is 241 g/mol. The monoisotopic (exact) mass is 263 g/mol. The highest BCUT2D eigenvalue weighted by atomic mass is 19.1. The lowest BCUT2D eigenvalue weighted by Gasteiger charge is -2.13. The van der Waals surface area contributed by atoms with Crippen LogP contribution in [0.3, 0.4) is 0 Å². The molecule has 1 unspecified atom stereocenters. The van der Waals surface area contributed by atoms with Gasteiger partial charge in [0.05, 0.1) is 11.6 Å². The van der Waals surface area contributed by atoms with Crippen LogP contribution >= 0.6 is 0 Å². The molecule has 2 N–H and O–H groups in total. The van der Waals surface area contributed by atoms with Crippen LogP contribution < -0.4 is 5.73 Å². The fourth-order valence-electron chi connectivity index (χ4n) is 2.43.